The Hall–Kier alpha value is -1.33. The molecule has 5 heteroatoms. The van der Waals surface area contributed by atoms with Gasteiger partial charge in [-0.3, -0.25) is 4.79 Å². The van der Waals surface area contributed by atoms with Crippen LogP contribution in [0.1, 0.15) is 16.1 Å². The number of rotatable bonds is 2. The number of nitrogens with one attached hydrogen (secondary N) is 1. The van der Waals surface area contributed by atoms with Crippen LogP contribution >= 0.6 is 0 Å². The Morgan fingerprint density at radius 1 is 1.53 bits per heavy atom. The van der Waals surface area contributed by atoms with Crippen LogP contribution in [0.2, 0.25) is 0 Å². The summed E-state index contributed by atoms with van der Waals surface area (Å²) in [6, 6.07) is 1.62. The van der Waals surface area contributed by atoms with E-state index >= 15 is 0 Å². The molecule has 1 amide bonds. The minimum Gasteiger partial charge on any atom is -0.459 e. The predicted molar refractivity (Wildman–Crippen MR) is 53.4 cm³/mol. The zero-order valence-electron chi connectivity index (χ0n) is 8.40. The predicted octanol–water partition coefficient (Wildman–Crippen LogP) is -0.183. The van der Waals surface area contributed by atoms with Gasteiger partial charge in [-0.1, -0.05) is 0 Å². The van der Waals surface area contributed by atoms with E-state index in [0.717, 1.165) is 13.1 Å². The number of aliphatic hydroxyl groups excluding tert-OH is 1. The van der Waals surface area contributed by atoms with E-state index in [0.29, 0.717) is 18.7 Å². The van der Waals surface area contributed by atoms with Crippen molar-refractivity contribution in [1.29, 1.82) is 0 Å². The molecule has 2 N–H and O–H groups in total. The summed E-state index contributed by atoms with van der Waals surface area (Å²) in [4.78, 5) is 13.7. The summed E-state index contributed by atoms with van der Waals surface area (Å²) >= 11 is 0. The van der Waals surface area contributed by atoms with E-state index in [-0.39, 0.29) is 18.3 Å². The zero-order chi connectivity index (χ0) is 10.7. The normalized spacial score (nSPS) is 16.7. The topological polar surface area (TPSA) is 65.7 Å². The maximum atomic E-state index is 11.9. The van der Waals surface area contributed by atoms with Crippen molar-refractivity contribution in [3.63, 3.8) is 0 Å². The van der Waals surface area contributed by atoms with Crippen LogP contribution < -0.4 is 5.32 Å². The van der Waals surface area contributed by atoms with Crippen molar-refractivity contribution >= 4 is 5.91 Å². The maximum Gasteiger partial charge on any atom is 0.290 e. The molecule has 1 aliphatic rings. The van der Waals surface area contributed by atoms with Gasteiger partial charge in [0.2, 0.25) is 0 Å². The molecule has 0 radical (unpaired) electrons. The van der Waals surface area contributed by atoms with Gasteiger partial charge in [0.25, 0.3) is 5.91 Å². The molecule has 0 atom stereocenters. The fourth-order valence-electron chi connectivity index (χ4n) is 1.66. The smallest absolute Gasteiger partial charge is 0.290 e. The van der Waals surface area contributed by atoms with Crippen LogP contribution in [0, 0.1) is 0 Å². The summed E-state index contributed by atoms with van der Waals surface area (Å²) in [5.74, 6) is 0.130. The molecule has 1 aromatic heterocycles. The fourth-order valence-corrected chi connectivity index (χ4v) is 1.66. The van der Waals surface area contributed by atoms with Gasteiger partial charge < -0.3 is 19.7 Å². The molecule has 1 fully saturated rings. The lowest BCUT2D eigenvalue weighted by Gasteiger charge is -2.26. The van der Waals surface area contributed by atoms with E-state index in [1.807, 2.05) is 0 Å². The summed E-state index contributed by atoms with van der Waals surface area (Å²) in [6.07, 6.45) is 1.43. The minimum atomic E-state index is -0.163. The van der Waals surface area contributed by atoms with Crippen molar-refractivity contribution in [2.24, 2.45) is 0 Å². The number of carbonyl (C=O) groups is 1. The third kappa shape index (κ3) is 2.03. The molecule has 0 aliphatic carbocycles. The fraction of sp³-hybridized carbons (Fsp3) is 0.500. The molecule has 0 bridgehead atoms. The number of nitrogens with zero attached hydrogens (tertiary/aromatic N) is 1. The molecule has 1 saturated heterocycles. The van der Waals surface area contributed by atoms with Crippen molar-refractivity contribution < 1.29 is 14.3 Å². The van der Waals surface area contributed by atoms with Gasteiger partial charge in [0.15, 0.2) is 5.76 Å². The van der Waals surface area contributed by atoms with Crippen molar-refractivity contribution in [2.75, 3.05) is 26.2 Å². The maximum absolute atomic E-state index is 11.9. The van der Waals surface area contributed by atoms with Crippen LogP contribution in [-0.4, -0.2) is 42.1 Å². The number of piperazine rings is 1. The first kappa shape index (κ1) is 10.2. The summed E-state index contributed by atoms with van der Waals surface area (Å²) in [6.45, 7) is 2.82. The van der Waals surface area contributed by atoms with Crippen LogP contribution in [0.15, 0.2) is 16.7 Å². The SMILES string of the molecule is O=C(c1occc1CO)N1CCNCC1. The Kier molecular flexibility index (Phi) is 3.03. The van der Waals surface area contributed by atoms with Gasteiger partial charge in [-0.25, -0.2) is 0 Å². The highest BCUT2D eigenvalue weighted by Crippen LogP contribution is 2.13. The molecule has 1 aliphatic heterocycles. The van der Waals surface area contributed by atoms with Crippen LogP contribution in [0.5, 0.6) is 0 Å². The second-order valence-electron chi connectivity index (χ2n) is 3.48. The molecule has 0 unspecified atom stereocenters. The zero-order valence-corrected chi connectivity index (χ0v) is 8.40. The van der Waals surface area contributed by atoms with Crippen LogP contribution in [-0.2, 0) is 6.61 Å². The number of carbonyl (C=O) groups excluding carboxylic acids is 1. The number of hydrogen-bond acceptors (Lipinski definition) is 4. The average Bonchev–Trinajstić information content (AvgIpc) is 2.77. The molecule has 2 rings (SSSR count). The molecule has 15 heavy (non-hydrogen) atoms. The molecule has 0 saturated carbocycles. The van der Waals surface area contributed by atoms with Crippen molar-refractivity contribution in [1.82, 2.24) is 10.2 Å². The molecule has 1 aromatic rings. The summed E-state index contributed by atoms with van der Waals surface area (Å²) in [5.41, 5.74) is 0.554. The standard InChI is InChI=1S/C10H14N2O3/c13-7-8-1-6-15-9(8)10(14)12-4-2-11-3-5-12/h1,6,11,13H,2-5,7H2. The monoisotopic (exact) mass is 210 g/mol. The van der Waals surface area contributed by atoms with Crippen LogP contribution in [0.3, 0.4) is 0 Å². The first-order valence-corrected chi connectivity index (χ1v) is 5.00. The molecule has 0 spiro atoms. The second kappa shape index (κ2) is 4.46. The van der Waals surface area contributed by atoms with E-state index in [4.69, 9.17) is 9.52 Å². The van der Waals surface area contributed by atoms with Crippen molar-refractivity contribution in [3.05, 3.63) is 23.7 Å². The van der Waals surface area contributed by atoms with Gasteiger partial charge >= 0.3 is 0 Å². The van der Waals surface area contributed by atoms with Crippen LogP contribution in [0.25, 0.3) is 0 Å². The Morgan fingerprint density at radius 3 is 2.93 bits per heavy atom. The molecular formula is C10H14N2O3. The Balaban J connectivity index is 2.12. The average molecular weight is 210 g/mol. The lowest BCUT2D eigenvalue weighted by molar-refractivity contribution is 0.0699. The van der Waals surface area contributed by atoms with Crippen molar-refractivity contribution in [2.45, 2.75) is 6.61 Å². The number of furan rings is 1. The summed E-state index contributed by atoms with van der Waals surface area (Å²) < 4.78 is 5.10. The largest absolute Gasteiger partial charge is 0.459 e. The van der Waals surface area contributed by atoms with E-state index in [1.165, 1.54) is 6.26 Å². The quantitative estimate of drug-likeness (QED) is 0.710. The number of amides is 1. The molecule has 5 nitrogen and oxygen atoms in total. The lowest BCUT2D eigenvalue weighted by Crippen LogP contribution is -2.46. The van der Waals surface area contributed by atoms with Gasteiger partial charge in [-0.15, -0.1) is 0 Å². The molecule has 2 heterocycles. The van der Waals surface area contributed by atoms with E-state index in [2.05, 4.69) is 5.32 Å². The summed E-state index contributed by atoms with van der Waals surface area (Å²) in [7, 11) is 0. The lowest BCUT2D eigenvalue weighted by atomic mass is 10.2. The third-order valence-corrected chi connectivity index (χ3v) is 2.52. The first-order valence-electron chi connectivity index (χ1n) is 5.00. The van der Waals surface area contributed by atoms with E-state index in [9.17, 15) is 4.79 Å². The summed E-state index contributed by atoms with van der Waals surface area (Å²) in [5, 5.41) is 12.2. The van der Waals surface area contributed by atoms with Crippen LogP contribution in [0.4, 0.5) is 0 Å². The van der Waals surface area contributed by atoms with Gasteiger partial charge in [-0.05, 0) is 6.07 Å². The molecular weight excluding hydrogens is 196 g/mol. The third-order valence-electron chi connectivity index (χ3n) is 2.52. The highest BCUT2D eigenvalue weighted by Gasteiger charge is 2.22. The minimum absolute atomic E-state index is 0.134. The van der Waals surface area contributed by atoms with E-state index < -0.39 is 0 Å². The number of hydrogen-bond donors (Lipinski definition) is 2. The Labute approximate surface area is 87.7 Å². The Bertz CT molecular complexity index is 342. The highest BCUT2D eigenvalue weighted by molar-refractivity contribution is 5.93. The first-order chi connectivity index (χ1) is 7.33. The van der Waals surface area contributed by atoms with Gasteiger partial charge in [0, 0.05) is 31.7 Å². The van der Waals surface area contributed by atoms with Gasteiger partial charge in [0.05, 0.1) is 12.9 Å². The van der Waals surface area contributed by atoms with Crippen molar-refractivity contribution in [3.8, 4) is 0 Å². The molecule has 0 aromatic carbocycles. The molecule has 82 valence electrons. The van der Waals surface area contributed by atoms with E-state index in [1.54, 1.807) is 11.0 Å². The second-order valence-corrected chi connectivity index (χ2v) is 3.48. The number of aliphatic hydroxyl groups is 1. The van der Waals surface area contributed by atoms with Gasteiger partial charge in [0.1, 0.15) is 0 Å². The highest BCUT2D eigenvalue weighted by atomic mass is 16.3. The Morgan fingerprint density at radius 2 is 2.27 bits per heavy atom. The van der Waals surface area contributed by atoms with Gasteiger partial charge in [-0.2, -0.15) is 0 Å².